The first kappa shape index (κ1) is 13.5. The monoisotopic (exact) mass is 306 g/mol. The van der Waals surface area contributed by atoms with Crippen molar-refractivity contribution in [2.24, 2.45) is 4.99 Å². The Morgan fingerprint density at radius 1 is 1.43 bits per heavy atom. The summed E-state index contributed by atoms with van der Waals surface area (Å²) in [5.41, 5.74) is 0.788. The van der Waals surface area contributed by atoms with Gasteiger partial charge in [0.25, 0.3) is 5.91 Å². The van der Waals surface area contributed by atoms with E-state index in [1.165, 1.54) is 0 Å². The molecule has 7 nitrogen and oxygen atoms in total. The van der Waals surface area contributed by atoms with E-state index in [1.807, 2.05) is 0 Å². The number of carboxylic acids is 1. The number of hydrogen-bond acceptors (Lipinski definition) is 6. The number of amidine groups is 1. The van der Waals surface area contributed by atoms with Gasteiger partial charge in [-0.2, -0.15) is 0 Å². The largest absolute Gasteiger partial charge is 0.480 e. The molecule has 108 valence electrons. The number of fused-ring (bicyclic) bond motifs is 1. The summed E-state index contributed by atoms with van der Waals surface area (Å²) in [6.07, 6.45) is 1.69. The molecule has 0 aliphatic carbocycles. The van der Waals surface area contributed by atoms with Gasteiger partial charge in [0.05, 0.1) is 4.91 Å². The van der Waals surface area contributed by atoms with Crippen molar-refractivity contribution in [3.05, 3.63) is 28.7 Å². The number of carbonyl (C=O) groups is 2. The number of nitrogens with one attached hydrogen (secondary N) is 1. The Morgan fingerprint density at radius 2 is 2.24 bits per heavy atom. The number of rotatable bonds is 3. The van der Waals surface area contributed by atoms with Crippen LogP contribution in [0.25, 0.3) is 6.08 Å². The van der Waals surface area contributed by atoms with Crippen molar-refractivity contribution in [1.82, 2.24) is 5.32 Å². The number of nitrogens with zero attached hydrogens (tertiary/aromatic N) is 1. The molecule has 0 unspecified atom stereocenters. The summed E-state index contributed by atoms with van der Waals surface area (Å²) in [5, 5.41) is 11.4. The summed E-state index contributed by atoms with van der Waals surface area (Å²) in [7, 11) is 0. The highest BCUT2D eigenvalue weighted by Gasteiger charge is 2.24. The molecule has 0 radical (unpaired) electrons. The molecule has 0 spiro atoms. The van der Waals surface area contributed by atoms with Gasteiger partial charge in [-0.1, -0.05) is 6.07 Å². The molecule has 3 rings (SSSR count). The molecule has 1 aromatic carbocycles. The Bertz CT molecular complexity index is 683. The molecule has 2 aliphatic heterocycles. The zero-order valence-corrected chi connectivity index (χ0v) is 11.5. The second-order valence-corrected chi connectivity index (χ2v) is 5.22. The van der Waals surface area contributed by atoms with Crippen LogP contribution in [-0.4, -0.2) is 35.5 Å². The van der Waals surface area contributed by atoms with E-state index in [9.17, 15) is 9.59 Å². The number of hydrogen-bond donors (Lipinski definition) is 2. The van der Waals surface area contributed by atoms with Gasteiger partial charge in [0.2, 0.25) is 6.79 Å². The van der Waals surface area contributed by atoms with Crippen LogP contribution in [0.1, 0.15) is 5.56 Å². The Morgan fingerprint density at radius 3 is 3.05 bits per heavy atom. The summed E-state index contributed by atoms with van der Waals surface area (Å²) >= 11 is 1.10. The topological polar surface area (TPSA) is 97.2 Å². The molecule has 0 aromatic heterocycles. The lowest BCUT2D eigenvalue weighted by Crippen LogP contribution is -2.20. The SMILES string of the molecule is O=C(O)CN=C1NC(=O)/C(=C\c2ccc3c(c2)OCO3)S1. The number of aliphatic imine (C=N–C) groups is 1. The van der Waals surface area contributed by atoms with Crippen LogP contribution in [0.15, 0.2) is 28.1 Å². The maximum Gasteiger partial charge on any atom is 0.325 e. The normalized spacial score (nSPS) is 20.1. The Balaban J connectivity index is 1.79. The second-order valence-electron chi connectivity index (χ2n) is 4.19. The molecule has 2 heterocycles. The van der Waals surface area contributed by atoms with E-state index in [1.54, 1.807) is 24.3 Å². The highest BCUT2D eigenvalue weighted by molar-refractivity contribution is 8.18. The van der Waals surface area contributed by atoms with Crippen LogP contribution in [0.5, 0.6) is 11.5 Å². The van der Waals surface area contributed by atoms with Gasteiger partial charge in [0.1, 0.15) is 6.54 Å². The third kappa shape index (κ3) is 3.00. The van der Waals surface area contributed by atoms with Crippen molar-refractivity contribution in [2.75, 3.05) is 13.3 Å². The summed E-state index contributed by atoms with van der Waals surface area (Å²) in [5.74, 6) is -0.0516. The van der Waals surface area contributed by atoms with Crippen LogP contribution in [-0.2, 0) is 9.59 Å². The lowest BCUT2D eigenvalue weighted by molar-refractivity contribution is -0.135. The van der Waals surface area contributed by atoms with Crippen molar-refractivity contribution in [1.29, 1.82) is 0 Å². The highest BCUT2D eigenvalue weighted by Crippen LogP contribution is 2.34. The van der Waals surface area contributed by atoms with Crippen LogP contribution in [0, 0.1) is 0 Å². The van der Waals surface area contributed by atoms with Gasteiger partial charge < -0.3 is 19.9 Å². The molecule has 1 fully saturated rings. The maximum absolute atomic E-state index is 11.8. The van der Waals surface area contributed by atoms with Gasteiger partial charge in [-0.3, -0.25) is 14.6 Å². The number of carboxylic acid groups (broad SMARTS) is 1. The standard InChI is InChI=1S/C13H10N2O5S/c16-11(17)5-14-13-15-12(18)10(21-13)4-7-1-2-8-9(3-7)20-6-19-8/h1-4H,5-6H2,(H,16,17)(H,14,15,18)/b10-4+. The Labute approximate surface area is 123 Å². The van der Waals surface area contributed by atoms with Gasteiger partial charge in [-0.15, -0.1) is 0 Å². The molecule has 2 aliphatic rings. The van der Waals surface area contributed by atoms with Crippen LogP contribution in [0.4, 0.5) is 0 Å². The van der Waals surface area contributed by atoms with E-state index < -0.39 is 5.97 Å². The zero-order chi connectivity index (χ0) is 14.8. The second kappa shape index (κ2) is 5.49. The summed E-state index contributed by atoms with van der Waals surface area (Å²) in [4.78, 5) is 26.5. The Hall–Kier alpha value is -2.48. The molecule has 1 saturated heterocycles. The van der Waals surface area contributed by atoms with E-state index in [0.717, 1.165) is 17.3 Å². The van der Waals surface area contributed by atoms with Gasteiger partial charge in [0, 0.05) is 0 Å². The molecule has 2 N–H and O–H groups in total. The fourth-order valence-corrected chi connectivity index (χ4v) is 2.62. The van der Waals surface area contributed by atoms with Gasteiger partial charge in [-0.05, 0) is 35.5 Å². The van der Waals surface area contributed by atoms with Crippen molar-refractivity contribution < 1.29 is 24.2 Å². The minimum atomic E-state index is -1.05. The smallest absolute Gasteiger partial charge is 0.325 e. The fraction of sp³-hybridized carbons (Fsp3) is 0.154. The molecule has 21 heavy (non-hydrogen) atoms. The van der Waals surface area contributed by atoms with E-state index in [2.05, 4.69) is 10.3 Å². The lowest BCUT2D eigenvalue weighted by Gasteiger charge is -1.98. The first-order valence-corrected chi connectivity index (χ1v) is 6.80. The third-order valence-electron chi connectivity index (χ3n) is 2.70. The van der Waals surface area contributed by atoms with Crippen molar-refractivity contribution in [3.63, 3.8) is 0 Å². The number of ether oxygens (including phenoxy) is 2. The number of amides is 1. The number of aliphatic carboxylic acids is 1. The molecule has 0 atom stereocenters. The van der Waals surface area contributed by atoms with Crippen molar-refractivity contribution in [3.8, 4) is 11.5 Å². The fourth-order valence-electron chi connectivity index (χ4n) is 1.80. The average Bonchev–Trinajstić information content (AvgIpc) is 3.03. The highest BCUT2D eigenvalue weighted by atomic mass is 32.2. The summed E-state index contributed by atoms with van der Waals surface area (Å²) in [6.45, 7) is -0.184. The van der Waals surface area contributed by atoms with Crippen LogP contribution in [0.2, 0.25) is 0 Å². The minimum Gasteiger partial charge on any atom is -0.480 e. The van der Waals surface area contributed by atoms with Crippen LogP contribution in [0.3, 0.4) is 0 Å². The van der Waals surface area contributed by atoms with Crippen molar-refractivity contribution >= 4 is 34.9 Å². The van der Waals surface area contributed by atoms with Crippen LogP contribution < -0.4 is 14.8 Å². The quantitative estimate of drug-likeness (QED) is 0.810. The van der Waals surface area contributed by atoms with Crippen LogP contribution >= 0.6 is 11.8 Å². The molecule has 8 heteroatoms. The predicted octanol–water partition coefficient (Wildman–Crippen LogP) is 1.06. The van der Waals surface area contributed by atoms with E-state index in [4.69, 9.17) is 14.6 Å². The predicted molar refractivity (Wildman–Crippen MR) is 76.2 cm³/mol. The summed E-state index contributed by atoms with van der Waals surface area (Å²) < 4.78 is 10.5. The van der Waals surface area contributed by atoms with Gasteiger partial charge >= 0.3 is 5.97 Å². The lowest BCUT2D eigenvalue weighted by atomic mass is 10.2. The minimum absolute atomic E-state index is 0.191. The first-order chi connectivity index (χ1) is 10.1. The van der Waals surface area contributed by atoms with Gasteiger partial charge in [0.15, 0.2) is 16.7 Å². The Kier molecular flexibility index (Phi) is 3.53. The molecule has 1 amide bonds. The number of carbonyl (C=O) groups excluding carboxylic acids is 1. The van der Waals surface area contributed by atoms with Crippen molar-refractivity contribution in [2.45, 2.75) is 0 Å². The molecular weight excluding hydrogens is 296 g/mol. The molecular formula is C13H10N2O5S. The van der Waals surface area contributed by atoms with E-state index in [-0.39, 0.29) is 24.4 Å². The number of benzene rings is 1. The molecule has 0 bridgehead atoms. The third-order valence-corrected chi connectivity index (χ3v) is 3.65. The summed E-state index contributed by atoms with van der Waals surface area (Å²) in [6, 6.07) is 5.35. The first-order valence-electron chi connectivity index (χ1n) is 5.98. The zero-order valence-electron chi connectivity index (χ0n) is 10.7. The van der Waals surface area contributed by atoms with E-state index in [0.29, 0.717) is 16.4 Å². The number of thioether (sulfide) groups is 1. The maximum atomic E-state index is 11.8. The molecule has 0 saturated carbocycles. The average molecular weight is 306 g/mol. The van der Waals surface area contributed by atoms with Gasteiger partial charge in [-0.25, -0.2) is 0 Å². The van der Waals surface area contributed by atoms with E-state index >= 15 is 0 Å². The molecule has 1 aromatic rings.